The van der Waals surface area contributed by atoms with E-state index in [1.165, 1.54) is 0 Å². The molecule has 0 atom stereocenters. The van der Waals surface area contributed by atoms with Gasteiger partial charge in [-0.2, -0.15) is 0 Å². The van der Waals surface area contributed by atoms with Gasteiger partial charge in [0, 0.05) is 46.8 Å². The van der Waals surface area contributed by atoms with Crippen LogP contribution in [0.5, 0.6) is 0 Å². The number of H-pyrrole nitrogens is 2. The molecule has 6 nitrogen and oxygen atoms in total. The van der Waals surface area contributed by atoms with Gasteiger partial charge in [-0.1, -0.05) is 18.2 Å². The molecule has 0 aliphatic carbocycles. The van der Waals surface area contributed by atoms with E-state index in [0.29, 0.717) is 38.2 Å². The van der Waals surface area contributed by atoms with Crippen LogP contribution in [0.15, 0.2) is 47.5 Å². The highest BCUT2D eigenvalue weighted by atomic mass is 35.5. The third-order valence-electron chi connectivity index (χ3n) is 4.36. The maximum atomic E-state index is 12.7. The average molecular weight is 379 g/mol. The molecule has 0 amide bonds. The molecule has 27 heavy (non-hydrogen) atoms. The number of nitrogens with one attached hydrogen (secondary N) is 2. The number of ketones is 1. The van der Waals surface area contributed by atoms with Crippen LogP contribution in [0.2, 0.25) is 5.02 Å². The SMILES string of the molecule is C=c1nc2[nH]c(=O)c(=Cc3cc(C(=O)c4ccc(Cl)cc4)cn3C)c-2c[nH]1. The summed E-state index contributed by atoms with van der Waals surface area (Å²) >= 11 is 5.88. The summed E-state index contributed by atoms with van der Waals surface area (Å²) in [5, 5.41) is 1.05. The molecule has 134 valence electrons. The molecule has 2 N–H and O–H groups in total. The van der Waals surface area contributed by atoms with Gasteiger partial charge in [0.25, 0.3) is 5.56 Å². The summed E-state index contributed by atoms with van der Waals surface area (Å²) in [7, 11) is 1.82. The number of benzene rings is 1. The Morgan fingerprint density at radius 3 is 2.74 bits per heavy atom. The molecular formula is C20H15ClN4O2. The minimum atomic E-state index is -0.247. The number of aryl methyl sites for hydroxylation is 1. The minimum Gasteiger partial charge on any atom is -0.350 e. The number of halogens is 1. The molecule has 1 aromatic carbocycles. The summed E-state index contributed by atoms with van der Waals surface area (Å²) in [5.41, 5.74) is 2.69. The molecule has 2 aliphatic rings. The Morgan fingerprint density at radius 2 is 2.00 bits per heavy atom. The van der Waals surface area contributed by atoms with E-state index in [1.807, 2.05) is 7.05 Å². The number of hydrogen-bond donors (Lipinski definition) is 2. The predicted octanol–water partition coefficient (Wildman–Crippen LogP) is 1.66. The zero-order valence-corrected chi connectivity index (χ0v) is 15.2. The van der Waals surface area contributed by atoms with E-state index in [0.717, 1.165) is 5.69 Å². The first kappa shape index (κ1) is 17.1. The Morgan fingerprint density at radius 1 is 1.26 bits per heavy atom. The number of aromatic nitrogens is 4. The minimum absolute atomic E-state index is 0.111. The summed E-state index contributed by atoms with van der Waals surface area (Å²) in [4.78, 5) is 34.8. The van der Waals surface area contributed by atoms with Crippen molar-refractivity contribution < 1.29 is 4.79 Å². The monoisotopic (exact) mass is 378 g/mol. The van der Waals surface area contributed by atoms with E-state index < -0.39 is 0 Å². The van der Waals surface area contributed by atoms with Crippen LogP contribution in [-0.4, -0.2) is 25.3 Å². The number of nitrogens with zero attached hydrogens (tertiary/aromatic N) is 2. The van der Waals surface area contributed by atoms with E-state index >= 15 is 0 Å². The number of rotatable bonds is 3. The van der Waals surface area contributed by atoms with E-state index in [9.17, 15) is 9.59 Å². The van der Waals surface area contributed by atoms with Gasteiger partial charge in [-0.3, -0.25) is 9.59 Å². The Hall–Kier alpha value is -3.38. The molecule has 0 saturated carbocycles. The third kappa shape index (κ3) is 3.11. The van der Waals surface area contributed by atoms with Gasteiger partial charge < -0.3 is 14.5 Å². The number of fused-ring (bicyclic) bond motifs is 1. The fourth-order valence-electron chi connectivity index (χ4n) is 2.96. The van der Waals surface area contributed by atoms with Gasteiger partial charge >= 0.3 is 0 Å². The van der Waals surface area contributed by atoms with Crippen molar-refractivity contribution in [3.05, 3.63) is 85.6 Å². The first-order valence-electron chi connectivity index (χ1n) is 8.17. The average Bonchev–Trinajstić information content (AvgIpc) is 3.15. The normalized spacial score (nSPS) is 12.0. The first-order valence-corrected chi connectivity index (χ1v) is 8.55. The Balaban J connectivity index is 1.79. The summed E-state index contributed by atoms with van der Waals surface area (Å²) in [6.07, 6.45) is 5.16. The summed E-state index contributed by atoms with van der Waals surface area (Å²) in [6.45, 7) is 3.72. The molecule has 3 heterocycles. The van der Waals surface area contributed by atoms with Crippen molar-refractivity contribution >= 4 is 30.0 Å². The Bertz CT molecular complexity index is 1300. The molecule has 4 rings (SSSR count). The topological polar surface area (TPSA) is 83.5 Å². The molecule has 2 aliphatic heterocycles. The van der Waals surface area contributed by atoms with Crippen LogP contribution >= 0.6 is 11.6 Å². The molecule has 2 aromatic rings. The van der Waals surface area contributed by atoms with Crippen LogP contribution in [0.3, 0.4) is 0 Å². The Kier molecular flexibility index (Phi) is 4.05. The zero-order chi connectivity index (χ0) is 19.1. The van der Waals surface area contributed by atoms with Gasteiger partial charge in [-0.15, -0.1) is 0 Å². The zero-order valence-electron chi connectivity index (χ0n) is 14.4. The lowest BCUT2D eigenvalue weighted by Crippen LogP contribution is -2.22. The van der Waals surface area contributed by atoms with Gasteiger partial charge in [-0.05, 0) is 36.4 Å². The van der Waals surface area contributed by atoms with Gasteiger partial charge in [0.05, 0.1) is 5.22 Å². The highest BCUT2D eigenvalue weighted by Gasteiger charge is 2.14. The van der Waals surface area contributed by atoms with E-state index in [4.69, 9.17) is 11.6 Å². The molecule has 0 saturated heterocycles. The number of aromatic amines is 2. The second-order valence-electron chi connectivity index (χ2n) is 6.22. The molecule has 0 bridgehead atoms. The number of carbonyl (C=O) groups is 1. The predicted molar refractivity (Wildman–Crippen MR) is 104 cm³/mol. The maximum absolute atomic E-state index is 12.7. The van der Waals surface area contributed by atoms with Gasteiger partial charge in [0.2, 0.25) is 0 Å². The highest BCUT2D eigenvalue weighted by molar-refractivity contribution is 6.30. The summed E-state index contributed by atoms with van der Waals surface area (Å²) in [5.74, 6) is 0.363. The number of carbonyl (C=O) groups excluding carboxylic acids is 1. The third-order valence-corrected chi connectivity index (χ3v) is 4.61. The molecule has 0 spiro atoms. The molecular weight excluding hydrogens is 364 g/mol. The molecule has 0 radical (unpaired) electrons. The highest BCUT2D eigenvalue weighted by Crippen LogP contribution is 2.16. The van der Waals surface area contributed by atoms with Crippen molar-refractivity contribution in [1.82, 2.24) is 19.5 Å². The molecule has 7 heteroatoms. The number of hydrogen-bond acceptors (Lipinski definition) is 3. The van der Waals surface area contributed by atoms with Crippen LogP contribution in [0, 0.1) is 0 Å². The lowest BCUT2D eigenvalue weighted by atomic mass is 10.1. The maximum Gasteiger partial charge on any atom is 0.257 e. The molecule has 0 fully saturated rings. The van der Waals surface area contributed by atoms with Crippen molar-refractivity contribution in [2.75, 3.05) is 0 Å². The fourth-order valence-corrected chi connectivity index (χ4v) is 3.08. The van der Waals surface area contributed by atoms with Gasteiger partial charge in [0.15, 0.2) is 5.78 Å². The van der Waals surface area contributed by atoms with E-state index in [1.54, 1.807) is 53.4 Å². The van der Waals surface area contributed by atoms with Crippen molar-refractivity contribution in [2.45, 2.75) is 0 Å². The van der Waals surface area contributed by atoms with Crippen molar-refractivity contribution in [3.63, 3.8) is 0 Å². The molecule has 0 unspecified atom stereocenters. The quantitative estimate of drug-likeness (QED) is 0.532. The van der Waals surface area contributed by atoms with E-state index in [-0.39, 0.29) is 11.3 Å². The smallest absolute Gasteiger partial charge is 0.257 e. The van der Waals surface area contributed by atoms with E-state index in [2.05, 4.69) is 21.5 Å². The van der Waals surface area contributed by atoms with Crippen LogP contribution in [0.25, 0.3) is 24.0 Å². The van der Waals surface area contributed by atoms with Gasteiger partial charge in [0.1, 0.15) is 11.3 Å². The largest absolute Gasteiger partial charge is 0.350 e. The Labute approximate surface area is 158 Å². The van der Waals surface area contributed by atoms with Gasteiger partial charge in [-0.25, -0.2) is 4.98 Å². The molecule has 1 aromatic heterocycles. The van der Waals surface area contributed by atoms with Crippen molar-refractivity contribution in [3.8, 4) is 11.4 Å². The van der Waals surface area contributed by atoms with Crippen molar-refractivity contribution in [1.29, 1.82) is 0 Å². The standard InChI is InChI=1S/C20H15ClN4O2/c1-11-22-9-17-16(20(27)24-19(17)23-11)8-15-7-13(10-25(15)2)18(26)12-3-5-14(21)6-4-12/h3-10,22H,1H2,2H3,(H,23,24,27). The summed E-state index contributed by atoms with van der Waals surface area (Å²) in [6, 6.07) is 8.49. The van der Waals surface area contributed by atoms with Crippen LogP contribution in [0.4, 0.5) is 0 Å². The summed E-state index contributed by atoms with van der Waals surface area (Å²) < 4.78 is 1.80. The van der Waals surface area contributed by atoms with Crippen LogP contribution < -0.4 is 16.3 Å². The lowest BCUT2D eigenvalue weighted by Gasteiger charge is -1.98. The lowest BCUT2D eigenvalue weighted by molar-refractivity contribution is 0.103. The second-order valence-corrected chi connectivity index (χ2v) is 6.66. The second kappa shape index (κ2) is 6.41. The van der Waals surface area contributed by atoms with Crippen LogP contribution in [0.1, 0.15) is 21.6 Å². The first-order chi connectivity index (χ1) is 12.9. The van der Waals surface area contributed by atoms with Crippen molar-refractivity contribution in [2.24, 2.45) is 7.05 Å². The fraction of sp³-hybridized carbons (Fsp3) is 0.0500. The van der Waals surface area contributed by atoms with Crippen LogP contribution in [-0.2, 0) is 7.05 Å².